The van der Waals surface area contributed by atoms with E-state index < -0.39 is 48.6 Å². The molecule has 23 heavy (non-hydrogen) atoms. The van der Waals surface area contributed by atoms with Gasteiger partial charge in [-0.15, -0.1) is 0 Å². The summed E-state index contributed by atoms with van der Waals surface area (Å²) in [6, 6.07) is 0. The van der Waals surface area contributed by atoms with E-state index in [1.807, 2.05) is 0 Å². The summed E-state index contributed by atoms with van der Waals surface area (Å²) in [6.07, 6.45) is -11.1. The van der Waals surface area contributed by atoms with E-state index in [0.29, 0.717) is 6.29 Å². The van der Waals surface area contributed by atoms with Gasteiger partial charge in [-0.1, -0.05) is 0 Å². The molecule has 0 N–H and O–H groups in total. The summed E-state index contributed by atoms with van der Waals surface area (Å²) >= 11 is 0. The summed E-state index contributed by atoms with van der Waals surface area (Å²) in [6.45, 7) is 0. The maximum Gasteiger partial charge on any atom is 0.460 e. The summed E-state index contributed by atoms with van der Waals surface area (Å²) in [5, 5.41) is 0. The van der Waals surface area contributed by atoms with Gasteiger partial charge in [0.25, 0.3) is 0 Å². The molecule has 0 aliphatic rings. The van der Waals surface area contributed by atoms with Crippen LogP contribution in [0.25, 0.3) is 0 Å². The Labute approximate surface area is 118 Å². The minimum atomic E-state index is -7.91. The molecule has 1 nitrogen and oxygen atoms in total. The highest BCUT2D eigenvalue weighted by atomic mass is 19.4. The van der Waals surface area contributed by atoms with Gasteiger partial charge in [-0.2, -0.15) is 57.1 Å². The second kappa shape index (κ2) is 5.69. The lowest BCUT2D eigenvalue weighted by molar-refractivity contribution is -0.440. The normalized spacial score (nSPS) is 15.7. The molecule has 14 heteroatoms. The molecule has 0 bridgehead atoms. The molecule has 0 unspecified atom stereocenters. The molecular weight excluding hydrogens is 371 g/mol. The van der Waals surface area contributed by atoms with Crippen LogP contribution in [-0.4, -0.2) is 42.1 Å². The Morgan fingerprint density at radius 3 is 1.22 bits per heavy atom. The predicted octanol–water partition coefficient (Wildman–Crippen LogP) is 4.62. The fourth-order valence-corrected chi connectivity index (χ4v) is 1.17. The number of carbonyl (C=O) groups excluding carboxylic acids is 1. The number of alkyl halides is 13. The Morgan fingerprint density at radius 1 is 0.565 bits per heavy atom. The lowest BCUT2D eigenvalue weighted by Gasteiger charge is -2.39. The van der Waals surface area contributed by atoms with Crippen LogP contribution in [0.3, 0.4) is 0 Å². The van der Waals surface area contributed by atoms with Crippen molar-refractivity contribution in [3.63, 3.8) is 0 Å². The van der Waals surface area contributed by atoms with Crippen LogP contribution in [0.15, 0.2) is 0 Å². The molecule has 0 atom stereocenters. The highest BCUT2D eigenvalue weighted by molar-refractivity contribution is 5.50. The zero-order valence-electron chi connectivity index (χ0n) is 10.2. The first-order chi connectivity index (χ1) is 9.81. The molecular formula is C9H4F13O. The first kappa shape index (κ1) is 21.8. The molecule has 0 amide bonds. The third kappa shape index (κ3) is 3.07. The maximum atomic E-state index is 12.9. The van der Waals surface area contributed by atoms with E-state index in [4.69, 9.17) is 0 Å². The van der Waals surface area contributed by atoms with Crippen molar-refractivity contribution < 1.29 is 61.9 Å². The number of hydrogen-bond donors (Lipinski definition) is 0. The van der Waals surface area contributed by atoms with E-state index in [1.165, 1.54) is 0 Å². The second-order valence-corrected chi connectivity index (χ2v) is 4.14. The third-order valence-corrected chi connectivity index (χ3v) is 2.54. The minimum absolute atomic E-state index is 0.517. The average Bonchev–Trinajstić information content (AvgIpc) is 2.34. The van der Waals surface area contributed by atoms with Crippen LogP contribution in [-0.2, 0) is 4.79 Å². The third-order valence-electron chi connectivity index (χ3n) is 2.54. The Kier molecular flexibility index (Phi) is 5.38. The van der Waals surface area contributed by atoms with Gasteiger partial charge in [0.1, 0.15) is 0 Å². The topological polar surface area (TPSA) is 17.1 Å². The molecule has 0 saturated heterocycles. The Balaban J connectivity index is 6.08. The highest BCUT2D eigenvalue weighted by Crippen LogP contribution is 2.60. The lowest BCUT2D eigenvalue weighted by Crippen LogP contribution is -2.70. The standard InChI is InChI=1S/C9H4F13O/c10-4(11,2-1-3-23)5(12,13)6(14,15)7(16,17)8(18,19)9(20,21)22/h1-2H2. The summed E-state index contributed by atoms with van der Waals surface area (Å²) in [5.74, 6) is -37.0. The van der Waals surface area contributed by atoms with E-state index in [-0.39, 0.29) is 0 Å². The van der Waals surface area contributed by atoms with Gasteiger partial charge >= 0.3 is 35.8 Å². The van der Waals surface area contributed by atoms with Crippen LogP contribution >= 0.6 is 0 Å². The van der Waals surface area contributed by atoms with E-state index in [1.54, 1.807) is 0 Å². The van der Waals surface area contributed by atoms with Gasteiger partial charge in [0.2, 0.25) is 0 Å². The maximum absolute atomic E-state index is 12.9. The van der Waals surface area contributed by atoms with Crippen LogP contribution in [0.5, 0.6) is 0 Å². The van der Waals surface area contributed by atoms with Gasteiger partial charge in [0.05, 0.1) is 0 Å². The molecule has 0 aromatic rings. The van der Waals surface area contributed by atoms with Crippen molar-refractivity contribution in [3.8, 4) is 0 Å². The smallest absolute Gasteiger partial charge is 0.291 e. The molecule has 0 aromatic carbocycles. The molecule has 0 fully saturated rings. The zero-order valence-corrected chi connectivity index (χ0v) is 10.2. The van der Waals surface area contributed by atoms with Crippen LogP contribution in [0.1, 0.15) is 12.8 Å². The fraction of sp³-hybridized carbons (Fsp3) is 0.889. The Bertz CT molecular complexity index is 435. The summed E-state index contributed by atoms with van der Waals surface area (Å²) in [4.78, 5) is 9.61. The minimum Gasteiger partial charge on any atom is -0.291 e. The monoisotopic (exact) mass is 375 g/mol. The van der Waals surface area contributed by atoms with Crippen molar-refractivity contribution in [1.82, 2.24) is 0 Å². The van der Waals surface area contributed by atoms with Gasteiger partial charge < -0.3 is 0 Å². The van der Waals surface area contributed by atoms with Crippen molar-refractivity contribution in [2.24, 2.45) is 0 Å². The fourth-order valence-electron chi connectivity index (χ4n) is 1.17. The zero-order chi connectivity index (χ0) is 19.1. The predicted molar refractivity (Wildman–Crippen MR) is 45.7 cm³/mol. The summed E-state index contributed by atoms with van der Waals surface area (Å²) < 4.78 is 162. The van der Waals surface area contributed by atoms with Crippen molar-refractivity contribution in [1.29, 1.82) is 0 Å². The van der Waals surface area contributed by atoms with E-state index in [2.05, 4.69) is 0 Å². The van der Waals surface area contributed by atoms with Crippen LogP contribution < -0.4 is 0 Å². The molecule has 0 aromatic heterocycles. The molecule has 0 rings (SSSR count). The van der Waals surface area contributed by atoms with E-state index in [0.717, 1.165) is 0 Å². The summed E-state index contributed by atoms with van der Waals surface area (Å²) in [7, 11) is 0. The first-order valence-electron chi connectivity index (χ1n) is 5.12. The van der Waals surface area contributed by atoms with Gasteiger partial charge in [-0.3, -0.25) is 4.79 Å². The quantitative estimate of drug-likeness (QED) is 0.594. The van der Waals surface area contributed by atoms with Gasteiger partial charge in [-0.25, -0.2) is 0 Å². The molecule has 1 radical (unpaired) electrons. The second-order valence-electron chi connectivity index (χ2n) is 4.14. The Hall–Kier alpha value is -1.24. The molecule has 0 heterocycles. The van der Waals surface area contributed by atoms with Crippen molar-refractivity contribution in [2.45, 2.75) is 48.6 Å². The van der Waals surface area contributed by atoms with Crippen molar-refractivity contribution in [3.05, 3.63) is 0 Å². The lowest BCUT2D eigenvalue weighted by atomic mass is 9.92. The molecule has 137 valence electrons. The average molecular weight is 375 g/mol. The SMILES string of the molecule is O=[C]CCC(F)(F)C(F)(F)C(F)(F)C(F)(F)C(F)(F)C(F)(F)F. The van der Waals surface area contributed by atoms with Gasteiger partial charge in [0.15, 0.2) is 6.29 Å². The molecule has 0 spiro atoms. The van der Waals surface area contributed by atoms with Crippen molar-refractivity contribution in [2.75, 3.05) is 0 Å². The van der Waals surface area contributed by atoms with E-state index >= 15 is 0 Å². The van der Waals surface area contributed by atoms with E-state index in [9.17, 15) is 61.9 Å². The van der Waals surface area contributed by atoms with Gasteiger partial charge in [-0.05, 0) is 0 Å². The summed E-state index contributed by atoms with van der Waals surface area (Å²) in [5.41, 5.74) is 0. The molecule has 0 aliphatic heterocycles. The number of rotatable bonds is 7. The van der Waals surface area contributed by atoms with Crippen LogP contribution in [0.2, 0.25) is 0 Å². The van der Waals surface area contributed by atoms with Gasteiger partial charge in [0, 0.05) is 12.8 Å². The first-order valence-corrected chi connectivity index (χ1v) is 5.12. The largest absolute Gasteiger partial charge is 0.460 e. The molecule has 0 saturated carbocycles. The Morgan fingerprint density at radius 2 is 0.913 bits per heavy atom. The van der Waals surface area contributed by atoms with Crippen molar-refractivity contribution >= 4 is 6.29 Å². The number of hydrogen-bond acceptors (Lipinski definition) is 1. The number of halogens is 13. The highest BCUT2D eigenvalue weighted by Gasteiger charge is 2.90. The molecule has 0 aliphatic carbocycles. The van der Waals surface area contributed by atoms with Crippen LogP contribution in [0, 0.1) is 0 Å². The van der Waals surface area contributed by atoms with Crippen LogP contribution in [0.4, 0.5) is 57.1 Å².